The molecule has 6 heteroatoms. The molecule has 0 saturated heterocycles. The fourth-order valence-corrected chi connectivity index (χ4v) is 1.34. The average Bonchev–Trinajstić information content (AvgIpc) is 2.71. The third-order valence-electron chi connectivity index (χ3n) is 1.71. The van der Waals surface area contributed by atoms with Crippen molar-refractivity contribution >= 4 is 10.2 Å². The van der Waals surface area contributed by atoms with Crippen molar-refractivity contribution in [3.63, 3.8) is 0 Å². The lowest BCUT2D eigenvalue weighted by Gasteiger charge is -1.92. The Kier molecular flexibility index (Phi) is 4.21. The number of imidazole rings is 1. The second-order valence-corrected chi connectivity index (χ2v) is 4.54. The Bertz CT molecular complexity index is 506. The molecule has 1 aromatic carbocycles. The number of benzene rings is 1. The SMILES string of the molecule is Cc1ccccc1.NS(=O)(=O)n1ccnc1. The van der Waals surface area contributed by atoms with Gasteiger partial charge < -0.3 is 0 Å². The molecule has 5 nitrogen and oxygen atoms in total. The number of nitrogens with two attached hydrogens (primary N) is 1. The fraction of sp³-hybridized carbons (Fsp3) is 0.100. The van der Waals surface area contributed by atoms with Crippen LogP contribution in [0, 0.1) is 6.92 Å². The molecular formula is C10H13N3O2S. The second kappa shape index (κ2) is 5.43. The molecule has 2 N–H and O–H groups in total. The maximum Gasteiger partial charge on any atom is 0.303 e. The number of rotatable bonds is 1. The van der Waals surface area contributed by atoms with E-state index in [9.17, 15) is 8.42 Å². The van der Waals surface area contributed by atoms with Crippen molar-refractivity contribution in [3.8, 4) is 0 Å². The molecule has 0 amide bonds. The average molecular weight is 239 g/mol. The van der Waals surface area contributed by atoms with Crippen molar-refractivity contribution in [1.29, 1.82) is 0 Å². The van der Waals surface area contributed by atoms with Gasteiger partial charge in [-0.2, -0.15) is 8.42 Å². The van der Waals surface area contributed by atoms with Gasteiger partial charge in [0.2, 0.25) is 0 Å². The fourth-order valence-electron chi connectivity index (χ4n) is 0.932. The first-order valence-electron chi connectivity index (χ1n) is 4.53. The second-order valence-electron chi connectivity index (χ2n) is 3.09. The first-order chi connectivity index (χ1) is 7.50. The van der Waals surface area contributed by atoms with Gasteiger partial charge in [-0.05, 0) is 6.92 Å². The molecule has 86 valence electrons. The number of hydrogen-bond donors (Lipinski definition) is 1. The van der Waals surface area contributed by atoms with E-state index < -0.39 is 10.2 Å². The van der Waals surface area contributed by atoms with E-state index in [4.69, 9.17) is 5.14 Å². The molecule has 0 aliphatic heterocycles. The van der Waals surface area contributed by atoms with Crippen molar-refractivity contribution in [2.24, 2.45) is 5.14 Å². The Morgan fingerprint density at radius 3 is 2.12 bits per heavy atom. The molecular weight excluding hydrogens is 226 g/mol. The van der Waals surface area contributed by atoms with Gasteiger partial charge in [-0.15, -0.1) is 0 Å². The van der Waals surface area contributed by atoms with E-state index in [1.165, 1.54) is 18.0 Å². The molecule has 0 saturated carbocycles. The van der Waals surface area contributed by atoms with Crippen LogP contribution in [0.3, 0.4) is 0 Å². The standard InChI is InChI=1S/C7H8.C3H5N3O2S/c1-7-5-3-2-4-6-7;4-9(7,8)6-2-1-5-3-6/h2-6H,1H3;1-3H,(H2,4,7,8). The van der Waals surface area contributed by atoms with Crippen molar-refractivity contribution in [3.05, 3.63) is 54.6 Å². The lowest BCUT2D eigenvalue weighted by molar-refractivity contribution is 0.589. The smallest absolute Gasteiger partial charge is 0.244 e. The molecule has 1 aromatic heterocycles. The normalized spacial score (nSPS) is 10.4. The van der Waals surface area contributed by atoms with E-state index >= 15 is 0 Å². The molecule has 0 fully saturated rings. The Hall–Kier alpha value is -1.66. The van der Waals surface area contributed by atoms with Gasteiger partial charge in [-0.25, -0.2) is 14.1 Å². The van der Waals surface area contributed by atoms with Gasteiger partial charge in [0.1, 0.15) is 6.33 Å². The van der Waals surface area contributed by atoms with E-state index in [1.807, 2.05) is 18.2 Å². The summed E-state index contributed by atoms with van der Waals surface area (Å²) in [6.45, 7) is 2.08. The lowest BCUT2D eigenvalue weighted by atomic mass is 10.2. The van der Waals surface area contributed by atoms with Crippen molar-refractivity contribution in [2.75, 3.05) is 0 Å². The summed E-state index contributed by atoms with van der Waals surface area (Å²) in [4.78, 5) is 3.49. The van der Waals surface area contributed by atoms with Gasteiger partial charge in [0.25, 0.3) is 0 Å². The monoisotopic (exact) mass is 239 g/mol. The van der Waals surface area contributed by atoms with Crippen molar-refractivity contribution in [1.82, 2.24) is 8.96 Å². The summed E-state index contributed by atoms with van der Waals surface area (Å²) in [6, 6.07) is 10.3. The lowest BCUT2D eigenvalue weighted by Crippen LogP contribution is -2.19. The molecule has 2 rings (SSSR count). The minimum Gasteiger partial charge on any atom is -0.244 e. The van der Waals surface area contributed by atoms with Gasteiger partial charge in [-0.3, -0.25) is 0 Å². The van der Waals surface area contributed by atoms with E-state index in [-0.39, 0.29) is 0 Å². The number of aryl methyl sites for hydroxylation is 1. The van der Waals surface area contributed by atoms with Gasteiger partial charge in [-0.1, -0.05) is 35.9 Å². The van der Waals surface area contributed by atoms with Gasteiger partial charge in [0.15, 0.2) is 0 Å². The van der Waals surface area contributed by atoms with Crippen LogP contribution in [0.2, 0.25) is 0 Å². The Morgan fingerprint density at radius 1 is 1.25 bits per heavy atom. The zero-order chi connectivity index (χ0) is 12.0. The van der Waals surface area contributed by atoms with Crippen molar-refractivity contribution in [2.45, 2.75) is 6.92 Å². The van der Waals surface area contributed by atoms with E-state index in [1.54, 1.807) is 0 Å². The summed E-state index contributed by atoms with van der Waals surface area (Å²) in [7, 11) is -3.61. The van der Waals surface area contributed by atoms with Crippen LogP contribution >= 0.6 is 0 Å². The zero-order valence-electron chi connectivity index (χ0n) is 8.82. The quantitative estimate of drug-likeness (QED) is 0.804. The minimum absolute atomic E-state index is 0.826. The molecule has 0 unspecified atom stereocenters. The molecule has 0 atom stereocenters. The van der Waals surface area contributed by atoms with E-state index in [0.29, 0.717) is 0 Å². The highest BCUT2D eigenvalue weighted by Gasteiger charge is 2.00. The van der Waals surface area contributed by atoms with Gasteiger partial charge in [0, 0.05) is 12.4 Å². The van der Waals surface area contributed by atoms with Crippen LogP contribution in [0.15, 0.2) is 49.1 Å². The molecule has 16 heavy (non-hydrogen) atoms. The Labute approximate surface area is 94.7 Å². The highest BCUT2D eigenvalue weighted by molar-refractivity contribution is 7.87. The first kappa shape index (κ1) is 12.4. The molecule has 0 bridgehead atoms. The van der Waals surface area contributed by atoms with Crippen LogP contribution in [-0.2, 0) is 10.2 Å². The topological polar surface area (TPSA) is 78.0 Å². The van der Waals surface area contributed by atoms with E-state index in [0.717, 1.165) is 10.3 Å². The third-order valence-corrected chi connectivity index (χ3v) is 2.52. The third kappa shape index (κ3) is 4.24. The Morgan fingerprint density at radius 2 is 1.88 bits per heavy atom. The minimum atomic E-state index is -3.61. The van der Waals surface area contributed by atoms with E-state index in [2.05, 4.69) is 24.0 Å². The number of aromatic nitrogens is 2. The highest BCUT2D eigenvalue weighted by atomic mass is 32.2. The van der Waals surface area contributed by atoms with Crippen molar-refractivity contribution < 1.29 is 8.42 Å². The number of nitrogens with zero attached hydrogens (tertiary/aromatic N) is 2. The van der Waals surface area contributed by atoms with Crippen LogP contribution in [0.5, 0.6) is 0 Å². The van der Waals surface area contributed by atoms with Crippen LogP contribution in [0.25, 0.3) is 0 Å². The predicted molar refractivity (Wildman–Crippen MR) is 61.9 cm³/mol. The Balaban J connectivity index is 0.000000165. The molecule has 0 spiro atoms. The summed E-state index contributed by atoms with van der Waals surface area (Å²) >= 11 is 0. The molecule has 0 aliphatic carbocycles. The van der Waals surface area contributed by atoms with Gasteiger partial charge in [0.05, 0.1) is 0 Å². The molecule has 1 heterocycles. The summed E-state index contributed by atoms with van der Waals surface area (Å²) in [6.07, 6.45) is 3.72. The zero-order valence-corrected chi connectivity index (χ0v) is 9.63. The van der Waals surface area contributed by atoms with Gasteiger partial charge >= 0.3 is 10.2 Å². The van der Waals surface area contributed by atoms with Crippen LogP contribution in [-0.4, -0.2) is 17.4 Å². The summed E-state index contributed by atoms with van der Waals surface area (Å²) < 4.78 is 21.6. The maximum atomic E-state index is 10.4. The van der Waals surface area contributed by atoms with Crippen LogP contribution < -0.4 is 5.14 Å². The summed E-state index contributed by atoms with van der Waals surface area (Å²) in [5.74, 6) is 0. The molecule has 0 radical (unpaired) electrons. The number of hydrogen-bond acceptors (Lipinski definition) is 3. The summed E-state index contributed by atoms with van der Waals surface area (Å²) in [5, 5.41) is 4.70. The highest BCUT2D eigenvalue weighted by Crippen LogP contribution is 1.92. The predicted octanol–water partition coefficient (Wildman–Crippen LogP) is 0.930. The maximum absolute atomic E-state index is 10.4. The first-order valence-corrected chi connectivity index (χ1v) is 6.03. The van der Waals surface area contributed by atoms with Crippen LogP contribution in [0.1, 0.15) is 5.56 Å². The molecule has 2 aromatic rings. The summed E-state index contributed by atoms with van der Waals surface area (Å²) in [5.41, 5.74) is 1.32. The molecule has 0 aliphatic rings. The largest absolute Gasteiger partial charge is 0.303 e. The van der Waals surface area contributed by atoms with Crippen LogP contribution in [0.4, 0.5) is 0 Å².